The van der Waals surface area contributed by atoms with Gasteiger partial charge in [-0.05, 0) is 18.3 Å². The Morgan fingerprint density at radius 1 is 1.44 bits per heavy atom. The van der Waals surface area contributed by atoms with Crippen LogP contribution in [0.3, 0.4) is 0 Å². The van der Waals surface area contributed by atoms with Crippen molar-refractivity contribution in [1.82, 2.24) is 5.32 Å². The van der Waals surface area contributed by atoms with Gasteiger partial charge in [-0.15, -0.1) is 0 Å². The zero-order chi connectivity index (χ0) is 12.6. The fourth-order valence-corrected chi connectivity index (χ4v) is 1.58. The van der Waals surface area contributed by atoms with E-state index < -0.39 is 12.1 Å². The van der Waals surface area contributed by atoms with Gasteiger partial charge in [-0.3, -0.25) is 4.79 Å². The van der Waals surface area contributed by atoms with E-state index in [0.29, 0.717) is 12.5 Å². The second-order valence-corrected chi connectivity index (χ2v) is 4.23. The molecule has 0 fully saturated rings. The van der Waals surface area contributed by atoms with Crippen molar-refractivity contribution < 1.29 is 19.4 Å². The Bertz CT molecular complexity index is 233. The predicted molar refractivity (Wildman–Crippen MR) is 60.4 cm³/mol. The van der Waals surface area contributed by atoms with Gasteiger partial charge in [0.05, 0.1) is 0 Å². The van der Waals surface area contributed by atoms with Crippen molar-refractivity contribution in [3.05, 3.63) is 0 Å². The molecule has 0 aromatic carbocycles. The molecule has 0 saturated heterocycles. The van der Waals surface area contributed by atoms with Crippen LogP contribution in [0.25, 0.3) is 0 Å². The first kappa shape index (κ1) is 15.0. The van der Waals surface area contributed by atoms with E-state index in [0.717, 1.165) is 6.42 Å². The monoisotopic (exact) mass is 251 g/mol. The van der Waals surface area contributed by atoms with E-state index in [-0.39, 0.29) is 18.4 Å². The van der Waals surface area contributed by atoms with Crippen LogP contribution < -0.4 is 5.32 Å². The van der Waals surface area contributed by atoms with E-state index in [1.807, 2.05) is 13.8 Å². The summed E-state index contributed by atoms with van der Waals surface area (Å²) in [6, 6.07) is -0.209. The van der Waals surface area contributed by atoms with E-state index in [1.54, 1.807) is 0 Å². The zero-order valence-corrected chi connectivity index (χ0v) is 10.3. The number of amides is 1. The number of carbonyl (C=O) groups is 2. The summed E-state index contributed by atoms with van der Waals surface area (Å²) in [4.78, 5) is 21.6. The van der Waals surface area contributed by atoms with Gasteiger partial charge in [0.1, 0.15) is 0 Å². The third kappa shape index (κ3) is 8.35. The van der Waals surface area contributed by atoms with Gasteiger partial charge in [0, 0.05) is 13.0 Å². The minimum absolute atomic E-state index is 0.0410. The summed E-state index contributed by atoms with van der Waals surface area (Å²) in [5.74, 6) is -0.561. The summed E-state index contributed by atoms with van der Waals surface area (Å²) in [6.07, 6.45) is 0.168. The van der Waals surface area contributed by atoms with Crippen molar-refractivity contribution in [3.8, 4) is 0 Å². The van der Waals surface area contributed by atoms with E-state index in [4.69, 9.17) is 16.7 Å². The molecular formula is C10H18ClNO4. The number of aliphatic carboxylic acids is 1. The Balaban J connectivity index is 4.00. The lowest BCUT2D eigenvalue weighted by atomic mass is 9.94. The first-order chi connectivity index (χ1) is 7.45. The molecule has 0 saturated carbocycles. The average Bonchev–Trinajstić information content (AvgIpc) is 2.13. The molecular weight excluding hydrogens is 234 g/mol. The van der Waals surface area contributed by atoms with Crippen LogP contribution in [0, 0.1) is 11.8 Å². The highest BCUT2D eigenvalue weighted by Gasteiger charge is 2.16. The van der Waals surface area contributed by atoms with Gasteiger partial charge in [0.25, 0.3) is 0 Å². The summed E-state index contributed by atoms with van der Waals surface area (Å²) in [7, 11) is 0. The van der Waals surface area contributed by atoms with Crippen LogP contribution >= 0.6 is 11.6 Å². The molecule has 1 atom stereocenters. The molecule has 0 bridgehead atoms. The van der Waals surface area contributed by atoms with Crippen molar-refractivity contribution in [2.45, 2.75) is 26.7 Å². The van der Waals surface area contributed by atoms with Gasteiger partial charge < -0.3 is 15.2 Å². The number of ether oxygens (including phenoxy) is 1. The first-order valence-corrected chi connectivity index (χ1v) is 5.67. The molecule has 16 heavy (non-hydrogen) atoms. The molecule has 2 N–H and O–H groups in total. The van der Waals surface area contributed by atoms with Gasteiger partial charge >= 0.3 is 12.1 Å². The average molecular weight is 252 g/mol. The molecule has 5 nitrogen and oxygen atoms in total. The Labute approximate surface area is 100 Å². The fourth-order valence-electron chi connectivity index (χ4n) is 1.48. The molecule has 0 aromatic heterocycles. The van der Waals surface area contributed by atoms with Crippen molar-refractivity contribution in [1.29, 1.82) is 0 Å². The maximum Gasteiger partial charge on any atom is 0.408 e. The van der Waals surface area contributed by atoms with Gasteiger partial charge in [-0.25, -0.2) is 4.79 Å². The van der Waals surface area contributed by atoms with Gasteiger partial charge in [0.15, 0.2) is 6.07 Å². The highest BCUT2D eigenvalue weighted by atomic mass is 35.5. The third-order valence-electron chi connectivity index (χ3n) is 1.99. The number of carboxylic acids is 1. The van der Waals surface area contributed by atoms with Crippen LogP contribution in [0.2, 0.25) is 0 Å². The number of carboxylic acid groups (broad SMARTS) is 1. The van der Waals surface area contributed by atoms with Crippen molar-refractivity contribution in [3.63, 3.8) is 0 Å². The molecule has 1 unspecified atom stereocenters. The van der Waals surface area contributed by atoms with Crippen LogP contribution in [0.1, 0.15) is 26.7 Å². The predicted octanol–water partition coefficient (Wildman–Crippen LogP) is 2.05. The Hall–Kier alpha value is -0.970. The van der Waals surface area contributed by atoms with Crippen LogP contribution in [0.15, 0.2) is 0 Å². The van der Waals surface area contributed by atoms with E-state index >= 15 is 0 Å². The van der Waals surface area contributed by atoms with Crippen LogP contribution in [-0.4, -0.2) is 29.8 Å². The van der Waals surface area contributed by atoms with Crippen molar-refractivity contribution in [2.24, 2.45) is 11.8 Å². The van der Waals surface area contributed by atoms with Crippen LogP contribution in [-0.2, 0) is 9.53 Å². The summed E-state index contributed by atoms with van der Waals surface area (Å²) in [5.41, 5.74) is 0. The summed E-state index contributed by atoms with van der Waals surface area (Å²) >= 11 is 5.20. The minimum atomic E-state index is -0.863. The quantitative estimate of drug-likeness (QED) is 0.679. The Morgan fingerprint density at radius 3 is 2.50 bits per heavy atom. The SMILES string of the molecule is CC(C)CC(CNC(=O)OCCl)CC(=O)O. The lowest BCUT2D eigenvalue weighted by molar-refractivity contribution is -0.138. The molecule has 1 amide bonds. The normalized spacial score (nSPS) is 12.2. The summed E-state index contributed by atoms with van der Waals surface area (Å²) in [5, 5.41) is 11.2. The Morgan fingerprint density at radius 2 is 2.06 bits per heavy atom. The second-order valence-electron chi connectivity index (χ2n) is 4.02. The molecule has 0 aromatic rings. The van der Waals surface area contributed by atoms with E-state index in [9.17, 15) is 9.59 Å². The largest absolute Gasteiger partial charge is 0.481 e. The molecule has 0 spiro atoms. The number of alkyl carbamates (subject to hydrolysis) is 1. The first-order valence-electron chi connectivity index (χ1n) is 5.14. The molecule has 0 aliphatic heterocycles. The lowest BCUT2D eigenvalue weighted by Gasteiger charge is -2.17. The highest BCUT2D eigenvalue weighted by molar-refractivity contribution is 6.17. The molecule has 0 aliphatic carbocycles. The molecule has 0 radical (unpaired) electrons. The molecule has 94 valence electrons. The number of hydrogen-bond donors (Lipinski definition) is 2. The third-order valence-corrected chi connectivity index (χ3v) is 2.10. The summed E-state index contributed by atoms with van der Waals surface area (Å²) < 4.78 is 4.47. The Kier molecular flexibility index (Phi) is 7.72. The summed E-state index contributed by atoms with van der Waals surface area (Å²) in [6.45, 7) is 4.30. The van der Waals surface area contributed by atoms with Gasteiger partial charge in [-0.1, -0.05) is 25.4 Å². The van der Waals surface area contributed by atoms with Crippen LogP contribution in [0.4, 0.5) is 4.79 Å². The molecule has 0 aliphatic rings. The fraction of sp³-hybridized carbons (Fsp3) is 0.800. The van der Waals surface area contributed by atoms with Gasteiger partial charge in [0.2, 0.25) is 0 Å². The van der Waals surface area contributed by atoms with Crippen molar-refractivity contribution in [2.75, 3.05) is 12.6 Å². The molecule has 0 rings (SSSR count). The van der Waals surface area contributed by atoms with Gasteiger partial charge in [-0.2, -0.15) is 0 Å². The molecule has 0 heterocycles. The number of nitrogens with one attached hydrogen (secondary N) is 1. The standard InChI is InChI=1S/C10H18ClNO4/c1-7(2)3-8(4-9(13)14)5-12-10(15)16-6-11/h7-8H,3-6H2,1-2H3,(H,12,15)(H,13,14). The highest BCUT2D eigenvalue weighted by Crippen LogP contribution is 2.14. The number of hydrogen-bond acceptors (Lipinski definition) is 3. The maximum absolute atomic E-state index is 11.0. The zero-order valence-electron chi connectivity index (χ0n) is 9.53. The number of alkyl halides is 1. The number of rotatable bonds is 7. The topological polar surface area (TPSA) is 75.6 Å². The number of halogens is 1. The van der Waals surface area contributed by atoms with E-state index in [2.05, 4.69) is 10.1 Å². The second kappa shape index (κ2) is 8.21. The smallest absolute Gasteiger partial charge is 0.408 e. The molecule has 6 heteroatoms. The lowest BCUT2D eigenvalue weighted by Crippen LogP contribution is -2.31. The number of carbonyl (C=O) groups excluding carboxylic acids is 1. The maximum atomic E-state index is 11.0. The van der Waals surface area contributed by atoms with E-state index in [1.165, 1.54) is 0 Å². The van der Waals surface area contributed by atoms with Crippen LogP contribution in [0.5, 0.6) is 0 Å². The van der Waals surface area contributed by atoms with Crippen molar-refractivity contribution >= 4 is 23.7 Å². The minimum Gasteiger partial charge on any atom is -0.481 e.